The van der Waals surface area contributed by atoms with Gasteiger partial charge < -0.3 is 19.9 Å². The molecule has 1 aliphatic rings. The normalized spacial score (nSPS) is 20.2. The maximum absolute atomic E-state index is 12.7. The summed E-state index contributed by atoms with van der Waals surface area (Å²) >= 11 is 0. The highest BCUT2D eigenvalue weighted by Crippen LogP contribution is 2.11. The van der Waals surface area contributed by atoms with Crippen molar-refractivity contribution in [1.29, 1.82) is 0 Å². The molecular weight excluding hydrogens is 261 g/mol. The van der Waals surface area contributed by atoms with Gasteiger partial charge in [-0.2, -0.15) is 0 Å². The standard InChI is InChI=1S/C15H22FNO3/c16-13-5-3-12(4-6-13)8-17-9-14(18)10-19-11-15-2-1-7-20-15/h3-6,14-15,17-18H,1-2,7-11H2. The molecule has 4 nitrogen and oxygen atoms in total. The van der Waals surface area contributed by atoms with Gasteiger partial charge in [0.25, 0.3) is 0 Å². The van der Waals surface area contributed by atoms with Crippen LogP contribution in [-0.2, 0) is 16.0 Å². The molecule has 0 aromatic heterocycles. The predicted molar refractivity (Wildman–Crippen MR) is 73.9 cm³/mol. The van der Waals surface area contributed by atoms with Crippen LogP contribution >= 0.6 is 0 Å². The summed E-state index contributed by atoms with van der Waals surface area (Å²) in [5.74, 6) is -0.240. The molecule has 1 saturated heterocycles. The molecule has 2 unspecified atom stereocenters. The van der Waals surface area contributed by atoms with Crippen molar-refractivity contribution in [2.75, 3.05) is 26.4 Å². The van der Waals surface area contributed by atoms with E-state index in [-0.39, 0.29) is 11.9 Å². The second-order valence-corrected chi connectivity index (χ2v) is 5.08. The molecule has 112 valence electrons. The Labute approximate surface area is 118 Å². The molecule has 1 heterocycles. The fraction of sp³-hybridized carbons (Fsp3) is 0.600. The maximum atomic E-state index is 12.7. The van der Waals surface area contributed by atoms with Crippen molar-refractivity contribution < 1.29 is 19.0 Å². The minimum absolute atomic E-state index is 0.189. The van der Waals surface area contributed by atoms with Gasteiger partial charge in [-0.05, 0) is 30.5 Å². The minimum atomic E-state index is -0.545. The third kappa shape index (κ3) is 5.54. The number of nitrogens with one attached hydrogen (secondary N) is 1. The van der Waals surface area contributed by atoms with Gasteiger partial charge in [0, 0.05) is 19.7 Å². The molecule has 0 amide bonds. The van der Waals surface area contributed by atoms with Crippen LogP contribution in [0.4, 0.5) is 4.39 Å². The van der Waals surface area contributed by atoms with Gasteiger partial charge in [-0.3, -0.25) is 0 Å². The first-order valence-electron chi connectivity index (χ1n) is 7.06. The summed E-state index contributed by atoms with van der Waals surface area (Å²) in [6.45, 7) is 2.72. The van der Waals surface area contributed by atoms with E-state index in [1.165, 1.54) is 12.1 Å². The fourth-order valence-electron chi connectivity index (χ4n) is 2.16. The van der Waals surface area contributed by atoms with E-state index >= 15 is 0 Å². The Morgan fingerprint density at radius 1 is 1.40 bits per heavy atom. The van der Waals surface area contributed by atoms with Gasteiger partial charge in [-0.15, -0.1) is 0 Å². The first-order chi connectivity index (χ1) is 9.74. The SMILES string of the molecule is OC(CNCc1ccc(F)cc1)COCC1CCCO1. The van der Waals surface area contributed by atoms with Crippen LogP contribution in [0.5, 0.6) is 0 Å². The summed E-state index contributed by atoms with van der Waals surface area (Å²) in [5.41, 5.74) is 0.985. The van der Waals surface area contributed by atoms with E-state index in [1.54, 1.807) is 12.1 Å². The molecule has 1 aromatic carbocycles. The van der Waals surface area contributed by atoms with E-state index in [1.807, 2.05) is 0 Å². The minimum Gasteiger partial charge on any atom is -0.389 e. The van der Waals surface area contributed by atoms with Crippen LogP contribution in [0.3, 0.4) is 0 Å². The Morgan fingerprint density at radius 2 is 2.20 bits per heavy atom. The van der Waals surface area contributed by atoms with E-state index in [0.717, 1.165) is 25.0 Å². The molecule has 2 atom stereocenters. The number of rotatable bonds is 8. The Hall–Kier alpha value is -1.01. The molecule has 2 rings (SSSR count). The van der Waals surface area contributed by atoms with Crippen LogP contribution in [0.1, 0.15) is 18.4 Å². The largest absolute Gasteiger partial charge is 0.389 e. The second-order valence-electron chi connectivity index (χ2n) is 5.08. The van der Waals surface area contributed by atoms with Gasteiger partial charge in [0.15, 0.2) is 0 Å². The number of hydrogen-bond donors (Lipinski definition) is 2. The smallest absolute Gasteiger partial charge is 0.123 e. The first kappa shape index (κ1) is 15.4. The van der Waals surface area contributed by atoms with Crippen molar-refractivity contribution in [3.63, 3.8) is 0 Å². The van der Waals surface area contributed by atoms with Gasteiger partial charge in [0.1, 0.15) is 5.82 Å². The van der Waals surface area contributed by atoms with Crippen LogP contribution in [0, 0.1) is 5.82 Å². The lowest BCUT2D eigenvalue weighted by Gasteiger charge is -2.14. The number of aliphatic hydroxyl groups is 1. The van der Waals surface area contributed by atoms with Crippen LogP contribution < -0.4 is 5.32 Å². The van der Waals surface area contributed by atoms with Gasteiger partial charge >= 0.3 is 0 Å². The number of ether oxygens (including phenoxy) is 2. The maximum Gasteiger partial charge on any atom is 0.123 e. The monoisotopic (exact) mass is 283 g/mol. The summed E-state index contributed by atoms with van der Waals surface area (Å²) in [7, 11) is 0. The summed E-state index contributed by atoms with van der Waals surface area (Å²) < 4.78 is 23.6. The lowest BCUT2D eigenvalue weighted by molar-refractivity contribution is -0.0164. The molecule has 0 bridgehead atoms. The zero-order valence-electron chi connectivity index (χ0n) is 11.6. The quantitative estimate of drug-likeness (QED) is 0.758. The number of benzene rings is 1. The average Bonchev–Trinajstić information content (AvgIpc) is 2.94. The van der Waals surface area contributed by atoms with Crippen LogP contribution in [-0.4, -0.2) is 43.7 Å². The van der Waals surface area contributed by atoms with Crippen LogP contribution in [0.15, 0.2) is 24.3 Å². The molecule has 0 radical (unpaired) electrons. The summed E-state index contributed by atoms with van der Waals surface area (Å²) in [6.07, 6.45) is 1.78. The van der Waals surface area contributed by atoms with E-state index < -0.39 is 6.10 Å². The van der Waals surface area contributed by atoms with E-state index in [4.69, 9.17) is 9.47 Å². The van der Waals surface area contributed by atoms with Crippen molar-refractivity contribution in [2.45, 2.75) is 31.6 Å². The predicted octanol–water partition coefficient (Wildman–Crippen LogP) is 1.47. The molecule has 1 aromatic rings. The molecule has 0 spiro atoms. The van der Waals surface area contributed by atoms with Gasteiger partial charge in [0.05, 0.1) is 25.4 Å². The van der Waals surface area contributed by atoms with E-state index in [2.05, 4.69) is 5.32 Å². The van der Waals surface area contributed by atoms with Crippen molar-refractivity contribution in [2.24, 2.45) is 0 Å². The Balaban J connectivity index is 1.53. The third-order valence-electron chi connectivity index (χ3n) is 3.26. The highest BCUT2D eigenvalue weighted by Gasteiger charge is 2.15. The van der Waals surface area contributed by atoms with Crippen molar-refractivity contribution >= 4 is 0 Å². The van der Waals surface area contributed by atoms with Gasteiger partial charge in [-0.1, -0.05) is 12.1 Å². The summed E-state index contributed by atoms with van der Waals surface area (Å²) in [6, 6.07) is 6.31. The van der Waals surface area contributed by atoms with Crippen molar-refractivity contribution in [1.82, 2.24) is 5.32 Å². The van der Waals surface area contributed by atoms with E-state index in [9.17, 15) is 9.50 Å². The molecule has 1 aliphatic heterocycles. The van der Waals surface area contributed by atoms with Crippen molar-refractivity contribution in [3.05, 3.63) is 35.6 Å². The Bertz CT molecular complexity index is 379. The number of aliphatic hydroxyl groups excluding tert-OH is 1. The average molecular weight is 283 g/mol. The summed E-state index contributed by atoms with van der Waals surface area (Å²) in [5, 5.41) is 12.9. The third-order valence-corrected chi connectivity index (χ3v) is 3.26. The number of halogens is 1. The van der Waals surface area contributed by atoms with Gasteiger partial charge in [-0.25, -0.2) is 4.39 Å². The molecule has 2 N–H and O–H groups in total. The zero-order chi connectivity index (χ0) is 14.2. The topological polar surface area (TPSA) is 50.7 Å². The van der Waals surface area contributed by atoms with Crippen molar-refractivity contribution in [3.8, 4) is 0 Å². The van der Waals surface area contributed by atoms with Crippen LogP contribution in [0.2, 0.25) is 0 Å². The Morgan fingerprint density at radius 3 is 2.90 bits per heavy atom. The molecule has 5 heteroatoms. The Kier molecular flexibility index (Phi) is 6.39. The highest BCUT2D eigenvalue weighted by atomic mass is 19.1. The lowest BCUT2D eigenvalue weighted by atomic mass is 10.2. The molecule has 20 heavy (non-hydrogen) atoms. The molecule has 0 saturated carbocycles. The lowest BCUT2D eigenvalue weighted by Crippen LogP contribution is -2.31. The van der Waals surface area contributed by atoms with Crippen LogP contribution in [0.25, 0.3) is 0 Å². The molecule has 0 aliphatic carbocycles. The number of hydrogen-bond acceptors (Lipinski definition) is 4. The van der Waals surface area contributed by atoms with Gasteiger partial charge in [0.2, 0.25) is 0 Å². The fourth-order valence-corrected chi connectivity index (χ4v) is 2.16. The highest BCUT2D eigenvalue weighted by molar-refractivity contribution is 5.15. The zero-order valence-corrected chi connectivity index (χ0v) is 11.6. The first-order valence-corrected chi connectivity index (χ1v) is 7.06. The molecule has 1 fully saturated rings. The molecular formula is C15H22FNO3. The summed E-state index contributed by atoms with van der Waals surface area (Å²) in [4.78, 5) is 0. The van der Waals surface area contributed by atoms with E-state index in [0.29, 0.717) is 26.3 Å². The second kappa shape index (κ2) is 8.32.